The van der Waals surface area contributed by atoms with E-state index in [-0.39, 0.29) is 23.4 Å². The molecule has 0 aliphatic rings. The van der Waals surface area contributed by atoms with Crippen LogP contribution in [0.25, 0.3) is 17.0 Å². The lowest BCUT2D eigenvalue weighted by Crippen LogP contribution is -2.27. The van der Waals surface area contributed by atoms with Crippen molar-refractivity contribution in [3.8, 4) is 17.2 Å². The first-order chi connectivity index (χ1) is 20.5. The molecule has 5 rings (SSSR count). The van der Waals surface area contributed by atoms with Gasteiger partial charge in [0.25, 0.3) is 5.91 Å². The molecule has 0 fully saturated rings. The molecule has 0 radical (unpaired) electrons. The maximum atomic E-state index is 12.6. The van der Waals surface area contributed by atoms with Gasteiger partial charge in [-0.1, -0.05) is 66.7 Å². The van der Waals surface area contributed by atoms with Gasteiger partial charge in [0.15, 0.2) is 11.5 Å². The van der Waals surface area contributed by atoms with Gasteiger partial charge in [0.1, 0.15) is 23.5 Å². The number of benzene rings is 4. The maximum Gasteiger partial charge on any atom is 0.349 e. The van der Waals surface area contributed by atoms with Gasteiger partial charge in [0.2, 0.25) is 0 Å². The number of hydrogen-bond acceptors (Lipinski definition) is 7. The summed E-state index contributed by atoms with van der Waals surface area (Å²) in [6.07, 6.45) is 2.87. The number of amides is 1. The van der Waals surface area contributed by atoms with Crippen molar-refractivity contribution in [3.63, 3.8) is 0 Å². The maximum absolute atomic E-state index is 12.6. The Kier molecular flexibility index (Phi) is 8.74. The van der Waals surface area contributed by atoms with E-state index in [2.05, 4.69) is 5.32 Å². The summed E-state index contributed by atoms with van der Waals surface area (Å²) in [5, 5.41) is 3.23. The van der Waals surface area contributed by atoms with Crippen LogP contribution in [-0.2, 0) is 17.9 Å². The van der Waals surface area contributed by atoms with E-state index in [1.54, 1.807) is 43.5 Å². The Morgan fingerprint density at radius 2 is 1.57 bits per heavy atom. The van der Waals surface area contributed by atoms with Crippen LogP contribution >= 0.6 is 0 Å². The van der Waals surface area contributed by atoms with Crippen molar-refractivity contribution < 1.29 is 28.2 Å². The highest BCUT2D eigenvalue weighted by molar-refractivity contribution is 5.97. The molecule has 4 aromatic carbocycles. The summed E-state index contributed by atoms with van der Waals surface area (Å²) in [7, 11) is 1.55. The number of ether oxygens (including phenoxy) is 3. The summed E-state index contributed by atoms with van der Waals surface area (Å²) in [5.41, 5.74) is 1.92. The van der Waals surface area contributed by atoms with Crippen LogP contribution in [0.15, 0.2) is 118 Å². The SMILES string of the molecule is COc1cc(/C=C/C(=O)Oc2ccc3cc(C(=O)NCc4ccccc4)c(=O)oc3c2)ccc1OCc1ccccc1. The summed E-state index contributed by atoms with van der Waals surface area (Å²) in [6, 6.07) is 30.5. The fourth-order valence-corrected chi connectivity index (χ4v) is 4.14. The molecular weight excluding hydrogens is 534 g/mol. The fraction of sp³-hybridized carbons (Fsp3) is 0.0882. The van der Waals surface area contributed by atoms with Crippen LogP contribution in [0.2, 0.25) is 0 Å². The van der Waals surface area contributed by atoms with Gasteiger partial charge in [-0.05, 0) is 53.1 Å². The van der Waals surface area contributed by atoms with Gasteiger partial charge in [0.05, 0.1) is 7.11 Å². The van der Waals surface area contributed by atoms with E-state index >= 15 is 0 Å². The molecular formula is C34H27NO7. The smallest absolute Gasteiger partial charge is 0.349 e. The van der Waals surface area contributed by atoms with Crippen molar-refractivity contribution in [2.75, 3.05) is 7.11 Å². The normalized spacial score (nSPS) is 10.9. The first-order valence-corrected chi connectivity index (χ1v) is 13.1. The second-order valence-corrected chi connectivity index (χ2v) is 9.25. The zero-order valence-electron chi connectivity index (χ0n) is 22.7. The Morgan fingerprint density at radius 1 is 0.833 bits per heavy atom. The molecule has 210 valence electrons. The van der Waals surface area contributed by atoms with Crippen molar-refractivity contribution in [2.24, 2.45) is 0 Å². The number of esters is 1. The molecule has 0 spiro atoms. The van der Waals surface area contributed by atoms with Crippen molar-refractivity contribution in [3.05, 3.63) is 142 Å². The number of rotatable bonds is 10. The quantitative estimate of drug-likeness (QED) is 0.0976. The number of hydrogen-bond donors (Lipinski definition) is 1. The number of methoxy groups -OCH3 is 1. The Labute approximate surface area is 241 Å². The third kappa shape index (κ3) is 7.11. The minimum absolute atomic E-state index is 0.113. The van der Waals surface area contributed by atoms with Crippen molar-refractivity contribution in [1.82, 2.24) is 5.32 Å². The Bertz CT molecular complexity index is 1790. The fourth-order valence-electron chi connectivity index (χ4n) is 4.14. The lowest BCUT2D eigenvalue weighted by molar-refractivity contribution is -0.128. The van der Waals surface area contributed by atoms with Crippen molar-refractivity contribution in [2.45, 2.75) is 13.2 Å². The average molecular weight is 562 g/mol. The number of carbonyl (C=O) groups is 2. The molecule has 1 amide bonds. The lowest BCUT2D eigenvalue weighted by atomic mass is 10.1. The highest BCUT2D eigenvalue weighted by atomic mass is 16.5. The van der Waals surface area contributed by atoms with E-state index in [9.17, 15) is 14.4 Å². The van der Waals surface area contributed by atoms with Crippen LogP contribution in [0.1, 0.15) is 27.0 Å². The largest absolute Gasteiger partial charge is 0.493 e. The van der Waals surface area contributed by atoms with Gasteiger partial charge in [0, 0.05) is 24.1 Å². The molecule has 0 unspecified atom stereocenters. The van der Waals surface area contributed by atoms with Crippen LogP contribution in [0.5, 0.6) is 17.2 Å². The molecule has 0 aliphatic carbocycles. The van der Waals surface area contributed by atoms with Gasteiger partial charge < -0.3 is 23.9 Å². The lowest BCUT2D eigenvalue weighted by Gasteiger charge is -2.11. The summed E-state index contributed by atoms with van der Waals surface area (Å²) in [6.45, 7) is 0.672. The van der Waals surface area contributed by atoms with E-state index in [4.69, 9.17) is 18.6 Å². The Hall–Kier alpha value is -5.63. The number of fused-ring (bicyclic) bond motifs is 1. The number of nitrogens with one attached hydrogen (secondary N) is 1. The minimum atomic E-state index is -0.790. The van der Waals surface area contributed by atoms with Crippen LogP contribution in [0.3, 0.4) is 0 Å². The molecule has 1 N–H and O–H groups in total. The van der Waals surface area contributed by atoms with Crippen LogP contribution in [0, 0.1) is 0 Å². The van der Waals surface area contributed by atoms with Crippen LogP contribution < -0.4 is 25.2 Å². The van der Waals surface area contributed by atoms with E-state index in [1.807, 2.05) is 60.7 Å². The van der Waals surface area contributed by atoms with E-state index in [0.29, 0.717) is 29.1 Å². The predicted octanol–water partition coefficient (Wildman–Crippen LogP) is 5.93. The zero-order valence-corrected chi connectivity index (χ0v) is 22.7. The third-order valence-electron chi connectivity index (χ3n) is 6.30. The van der Waals surface area contributed by atoms with Gasteiger partial charge >= 0.3 is 11.6 Å². The molecule has 1 heterocycles. The highest BCUT2D eigenvalue weighted by Crippen LogP contribution is 2.29. The first kappa shape index (κ1) is 27.9. The monoisotopic (exact) mass is 561 g/mol. The molecule has 8 nitrogen and oxygen atoms in total. The van der Waals surface area contributed by atoms with Crippen molar-refractivity contribution in [1.29, 1.82) is 0 Å². The molecule has 0 atom stereocenters. The summed E-state index contributed by atoms with van der Waals surface area (Å²) in [5.74, 6) is 0.123. The third-order valence-corrected chi connectivity index (χ3v) is 6.30. The Balaban J connectivity index is 1.21. The highest BCUT2D eigenvalue weighted by Gasteiger charge is 2.14. The second-order valence-electron chi connectivity index (χ2n) is 9.25. The minimum Gasteiger partial charge on any atom is -0.493 e. The van der Waals surface area contributed by atoms with E-state index < -0.39 is 17.5 Å². The second kappa shape index (κ2) is 13.1. The summed E-state index contributed by atoms with van der Waals surface area (Å²) >= 11 is 0. The van der Waals surface area contributed by atoms with Crippen LogP contribution in [-0.4, -0.2) is 19.0 Å². The molecule has 0 aliphatic heterocycles. The predicted molar refractivity (Wildman–Crippen MR) is 159 cm³/mol. The van der Waals surface area contributed by atoms with E-state index in [0.717, 1.165) is 11.1 Å². The van der Waals surface area contributed by atoms with Gasteiger partial charge in [-0.3, -0.25) is 4.79 Å². The summed E-state index contributed by atoms with van der Waals surface area (Å²) in [4.78, 5) is 37.6. The molecule has 42 heavy (non-hydrogen) atoms. The van der Waals surface area contributed by atoms with Gasteiger partial charge in [-0.25, -0.2) is 9.59 Å². The molecule has 8 heteroatoms. The first-order valence-electron chi connectivity index (χ1n) is 13.1. The summed E-state index contributed by atoms with van der Waals surface area (Å²) < 4.78 is 22.1. The molecule has 5 aromatic rings. The Morgan fingerprint density at radius 3 is 2.31 bits per heavy atom. The average Bonchev–Trinajstić information content (AvgIpc) is 3.02. The molecule has 0 bridgehead atoms. The standard InChI is InChI=1S/C34H27NO7/c1-39-31-18-23(12-16-29(31)40-22-25-10-6-3-7-11-25)13-17-32(36)41-27-15-14-26-19-28(34(38)42-30(26)20-27)33(37)35-21-24-8-4-2-5-9-24/h2-20H,21-22H2,1H3,(H,35,37)/b17-13+. The van der Waals surface area contributed by atoms with Gasteiger partial charge in [-0.2, -0.15) is 0 Å². The topological polar surface area (TPSA) is 104 Å². The number of carbonyl (C=O) groups excluding carboxylic acids is 2. The zero-order chi connectivity index (χ0) is 29.3. The molecule has 0 saturated heterocycles. The van der Waals surface area contributed by atoms with Crippen molar-refractivity contribution >= 4 is 28.9 Å². The van der Waals surface area contributed by atoms with E-state index in [1.165, 1.54) is 18.2 Å². The van der Waals surface area contributed by atoms with Crippen LogP contribution in [0.4, 0.5) is 0 Å². The molecule has 1 aromatic heterocycles. The van der Waals surface area contributed by atoms with Gasteiger partial charge in [-0.15, -0.1) is 0 Å². The molecule has 0 saturated carbocycles.